The highest BCUT2D eigenvalue weighted by Crippen LogP contribution is 2.57. The van der Waals surface area contributed by atoms with E-state index in [0.717, 1.165) is 18.3 Å². The van der Waals surface area contributed by atoms with Crippen molar-refractivity contribution in [2.24, 2.45) is 0 Å². The van der Waals surface area contributed by atoms with Crippen LogP contribution >= 0.6 is 7.82 Å². The number of nitrogen functional groups attached to an aromatic ring is 1. The van der Waals surface area contributed by atoms with Crippen LogP contribution in [0.15, 0.2) is 35.3 Å². The summed E-state index contributed by atoms with van der Waals surface area (Å²) in [6.07, 6.45) is -6.71. The summed E-state index contributed by atoms with van der Waals surface area (Å²) in [5, 5.41) is 10.0. The summed E-state index contributed by atoms with van der Waals surface area (Å²) in [7, 11) is -4.42. The molecule has 3 N–H and O–H groups in total. The molecule has 0 amide bonds. The van der Waals surface area contributed by atoms with Gasteiger partial charge < -0.3 is 15.6 Å². The molecule has 1 aromatic carbocycles. The molecule has 2 aliphatic heterocycles. The molecule has 3 heterocycles. The van der Waals surface area contributed by atoms with Gasteiger partial charge in [-0.15, -0.1) is 0 Å². The van der Waals surface area contributed by atoms with Crippen molar-refractivity contribution in [2.75, 3.05) is 18.9 Å². The van der Waals surface area contributed by atoms with Gasteiger partial charge in [-0.25, -0.2) is 18.1 Å². The van der Waals surface area contributed by atoms with E-state index in [1.54, 1.807) is 0 Å². The molecule has 15 heteroatoms. The maximum atomic E-state index is 14.6. The van der Waals surface area contributed by atoms with E-state index >= 15 is 0 Å². The molecule has 4 rings (SSSR count). The van der Waals surface area contributed by atoms with Crippen molar-refractivity contribution in [3.8, 4) is 0 Å². The number of ether oxygens (including phenoxy) is 1. The standard InChI is InChI=1S/C18H18F4N3O7P/c19-10-3-1-2-9(14(10)20)11-5-7-29-33(28,32-11)30-8-12-15(26)18(21,22)16(31-12)25-6-4-13(23)24-17(25)27/h1-4,6,11-12,15-16,26H,5,7-8H2,(H2,23,24,27)/t11-,12-,15-,16-,33+/m1/s1. The highest BCUT2D eigenvalue weighted by atomic mass is 31.2. The molecule has 10 nitrogen and oxygen atoms in total. The first-order chi connectivity index (χ1) is 15.5. The van der Waals surface area contributed by atoms with Gasteiger partial charge in [0.25, 0.3) is 0 Å². The van der Waals surface area contributed by atoms with Gasteiger partial charge in [-0.1, -0.05) is 12.1 Å². The number of anilines is 1. The Labute approximate surface area is 183 Å². The molecular formula is C18H18F4N3O7P. The number of nitrogens with zero attached hydrogens (tertiary/aromatic N) is 2. The minimum Gasteiger partial charge on any atom is -0.384 e. The lowest BCUT2D eigenvalue weighted by Crippen LogP contribution is -2.42. The molecule has 0 spiro atoms. The lowest BCUT2D eigenvalue weighted by molar-refractivity contribution is -0.140. The van der Waals surface area contributed by atoms with Gasteiger partial charge in [0.2, 0.25) is 6.23 Å². The molecule has 5 atom stereocenters. The maximum Gasteiger partial charge on any atom is 0.475 e. The van der Waals surface area contributed by atoms with Crippen molar-refractivity contribution in [3.63, 3.8) is 0 Å². The number of benzene rings is 1. The van der Waals surface area contributed by atoms with Crippen molar-refractivity contribution in [2.45, 2.75) is 36.9 Å². The fourth-order valence-electron chi connectivity index (χ4n) is 3.43. The van der Waals surface area contributed by atoms with Gasteiger partial charge in [0.05, 0.1) is 19.3 Å². The van der Waals surface area contributed by atoms with E-state index < -0.39 is 62.2 Å². The van der Waals surface area contributed by atoms with Gasteiger partial charge in [-0.05, 0) is 12.1 Å². The second kappa shape index (κ2) is 8.78. The van der Waals surface area contributed by atoms with E-state index in [1.807, 2.05) is 0 Å². The minimum absolute atomic E-state index is 0.0173. The Morgan fingerprint density at radius 3 is 2.82 bits per heavy atom. The largest absolute Gasteiger partial charge is 0.475 e. The average Bonchev–Trinajstić information content (AvgIpc) is 2.98. The number of halogens is 4. The molecule has 2 aromatic rings. The van der Waals surface area contributed by atoms with Crippen LogP contribution in [0.2, 0.25) is 0 Å². The lowest BCUT2D eigenvalue weighted by Gasteiger charge is -2.30. The van der Waals surface area contributed by atoms with Crippen molar-refractivity contribution in [1.29, 1.82) is 0 Å². The lowest BCUT2D eigenvalue weighted by atomic mass is 10.1. The Morgan fingerprint density at radius 1 is 1.33 bits per heavy atom. The van der Waals surface area contributed by atoms with Crippen molar-refractivity contribution < 1.29 is 45.5 Å². The molecule has 2 aliphatic rings. The third-order valence-electron chi connectivity index (χ3n) is 5.09. The quantitative estimate of drug-likeness (QED) is 0.473. The zero-order valence-corrected chi connectivity index (χ0v) is 17.5. The summed E-state index contributed by atoms with van der Waals surface area (Å²) in [4.78, 5) is 15.2. The number of hydrogen-bond donors (Lipinski definition) is 2. The number of phosphoric acid groups is 1. The second-order valence-electron chi connectivity index (χ2n) is 7.29. The fraction of sp³-hybridized carbons (Fsp3) is 0.444. The number of aliphatic hydroxyl groups excluding tert-OH is 1. The second-order valence-corrected chi connectivity index (χ2v) is 8.91. The smallest absolute Gasteiger partial charge is 0.384 e. The van der Waals surface area contributed by atoms with Gasteiger partial charge in [0.15, 0.2) is 17.7 Å². The van der Waals surface area contributed by atoms with Crippen molar-refractivity contribution in [3.05, 3.63) is 58.1 Å². The number of nitrogens with two attached hydrogens (primary N) is 1. The van der Waals surface area contributed by atoms with E-state index in [0.29, 0.717) is 4.57 Å². The van der Waals surface area contributed by atoms with E-state index in [2.05, 4.69) is 4.98 Å². The van der Waals surface area contributed by atoms with Crippen LogP contribution in [0.4, 0.5) is 23.4 Å². The number of hydrogen-bond acceptors (Lipinski definition) is 9. The van der Waals surface area contributed by atoms with Crippen LogP contribution < -0.4 is 11.4 Å². The van der Waals surface area contributed by atoms with Crippen LogP contribution in [0.25, 0.3) is 0 Å². The molecule has 0 unspecified atom stereocenters. The molecule has 0 bridgehead atoms. The fourth-order valence-corrected chi connectivity index (χ4v) is 4.82. The summed E-state index contributed by atoms with van der Waals surface area (Å²) in [6, 6.07) is 4.44. The summed E-state index contributed by atoms with van der Waals surface area (Å²) in [5.41, 5.74) is 3.98. The first-order valence-corrected chi connectivity index (χ1v) is 11.1. The van der Waals surface area contributed by atoms with Crippen LogP contribution in [0.5, 0.6) is 0 Å². The van der Waals surface area contributed by atoms with E-state index in [1.165, 1.54) is 12.1 Å². The molecule has 0 aliphatic carbocycles. The average molecular weight is 495 g/mol. The Bertz CT molecular complexity index is 1150. The van der Waals surface area contributed by atoms with Crippen molar-refractivity contribution >= 4 is 13.6 Å². The molecule has 1 aromatic heterocycles. The number of phosphoric ester groups is 1. The highest BCUT2D eigenvalue weighted by molar-refractivity contribution is 7.48. The van der Waals surface area contributed by atoms with Crippen LogP contribution in [0, 0.1) is 11.6 Å². The molecule has 33 heavy (non-hydrogen) atoms. The summed E-state index contributed by atoms with van der Waals surface area (Å²) in [5.74, 6) is -6.49. The van der Waals surface area contributed by atoms with Gasteiger partial charge in [0, 0.05) is 18.2 Å². The number of aromatic nitrogens is 2. The predicted octanol–water partition coefficient (Wildman–Crippen LogP) is 2.30. The molecule has 2 saturated heterocycles. The first-order valence-electron chi connectivity index (χ1n) is 9.59. The first kappa shape index (κ1) is 23.8. The van der Waals surface area contributed by atoms with Gasteiger partial charge in [-0.2, -0.15) is 13.8 Å². The van der Waals surface area contributed by atoms with E-state index in [9.17, 15) is 32.0 Å². The normalized spacial score (nSPS) is 31.5. The predicted molar refractivity (Wildman–Crippen MR) is 102 cm³/mol. The SMILES string of the molecule is Nc1ccn([C@@H]2O[C@H](CO[P@]3(=O)OCC[C@H](c4cccc(F)c4F)O3)[C@@H](O)C2(F)F)c(=O)n1. The zero-order valence-electron chi connectivity index (χ0n) is 16.6. The molecule has 2 fully saturated rings. The Kier molecular flexibility index (Phi) is 6.33. The third-order valence-corrected chi connectivity index (χ3v) is 6.57. The zero-order chi connectivity index (χ0) is 24.0. The minimum atomic E-state index is -4.42. The number of alkyl halides is 2. The Hall–Kier alpha value is -2.35. The van der Waals surface area contributed by atoms with E-state index in [4.69, 9.17) is 24.0 Å². The maximum absolute atomic E-state index is 14.6. The molecule has 180 valence electrons. The van der Waals surface area contributed by atoms with Gasteiger partial charge in [-0.3, -0.25) is 18.1 Å². The third kappa shape index (κ3) is 4.54. The Morgan fingerprint density at radius 2 is 2.09 bits per heavy atom. The monoisotopic (exact) mass is 495 g/mol. The van der Waals surface area contributed by atoms with Gasteiger partial charge in [0.1, 0.15) is 11.9 Å². The number of aliphatic hydroxyl groups is 1. The van der Waals surface area contributed by atoms with Gasteiger partial charge >= 0.3 is 19.4 Å². The Balaban J connectivity index is 1.47. The van der Waals surface area contributed by atoms with Crippen LogP contribution in [0.1, 0.15) is 24.3 Å². The van der Waals surface area contributed by atoms with Crippen LogP contribution in [-0.2, 0) is 22.9 Å². The topological polar surface area (TPSA) is 135 Å². The van der Waals surface area contributed by atoms with Crippen LogP contribution in [0.3, 0.4) is 0 Å². The summed E-state index contributed by atoms with van der Waals surface area (Å²) in [6.45, 7) is -1.11. The summed E-state index contributed by atoms with van der Waals surface area (Å²) >= 11 is 0. The molecule has 0 saturated carbocycles. The highest BCUT2D eigenvalue weighted by Gasteiger charge is 2.60. The molecular weight excluding hydrogens is 477 g/mol. The van der Waals surface area contributed by atoms with Crippen molar-refractivity contribution in [1.82, 2.24) is 9.55 Å². The summed E-state index contributed by atoms with van der Waals surface area (Å²) < 4.78 is 90.3. The molecule has 0 radical (unpaired) electrons. The van der Waals surface area contributed by atoms with E-state index in [-0.39, 0.29) is 24.4 Å². The number of rotatable bonds is 5. The van der Waals surface area contributed by atoms with Crippen LogP contribution in [-0.4, -0.2) is 46.0 Å².